The number of aliphatic hydroxyl groups is 1. The molecule has 1 aromatic carbocycles. The lowest BCUT2D eigenvalue weighted by Gasteiger charge is -2.38. The molecule has 3 aliphatic rings. The van der Waals surface area contributed by atoms with Crippen LogP contribution in [-0.2, 0) is 11.2 Å². The van der Waals surface area contributed by atoms with E-state index in [0.717, 1.165) is 47.9 Å². The van der Waals surface area contributed by atoms with Crippen LogP contribution in [0.2, 0.25) is 5.15 Å². The number of aliphatic imine (C=N–C) groups is 1. The number of hydrogen-bond acceptors (Lipinski definition) is 4. The highest BCUT2D eigenvalue weighted by Gasteiger charge is 2.39. The average Bonchev–Trinajstić information content (AvgIpc) is 2.79. The van der Waals surface area contributed by atoms with Gasteiger partial charge >= 0.3 is 0 Å². The summed E-state index contributed by atoms with van der Waals surface area (Å²) in [5.74, 6) is -0.130. The van der Waals surface area contributed by atoms with E-state index in [-0.39, 0.29) is 29.9 Å². The summed E-state index contributed by atoms with van der Waals surface area (Å²) >= 11 is 5.94. The quantitative estimate of drug-likeness (QED) is 0.721. The molecule has 2 unspecified atom stereocenters. The van der Waals surface area contributed by atoms with E-state index in [1.54, 1.807) is 23.5 Å². The van der Waals surface area contributed by atoms with E-state index in [4.69, 9.17) is 16.6 Å². The highest BCUT2D eigenvalue weighted by Crippen LogP contribution is 2.42. The molecule has 31 heavy (non-hydrogen) atoms. The number of aliphatic hydroxyl groups excluding tert-OH is 1. The summed E-state index contributed by atoms with van der Waals surface area (Å²) in [4.78, 5) is 24.2. The van der Waals surface area contributed by atoms with Crippen molar-refractivity contribution in [2.24, 2.45) is 16.8 Å². The monoisotopic (exact) mass is 435 g/mol. The maximum absolute atomic E-state index is 13.5. The molecule has 1 amide bonds. The van der Waals surface area contributed by atoms with Crippen LogP contribution in [-0.4, -0.2) is 39.9 Å². The number of rotatable bonds is 4. The summed E-state index contributed by atoms with van der Waals surface area (Å²) in [5, 5.41) is 10.8. The number of halogens is 1. The predicted octanol–water partition coefficient (Wildman–Crippen LogP) is 4.45. The largest absolute Gasteiger partial charge is 0.393 e. The molecule has 0 spiro atoms. The van der Waals surface area contributed by atoms with E-state index in [2.05, 4.69) is 23.2 Å². The molecule has 2 aliphatic carbocycles. The fraction of sp³-hybridized carbons (Fsp3) is 0.400. The Morgan fingerprint density at radius 2 is 1.97 bits per heavy atom. The van der Waals surface area contributed by atoms with E-state index in [1.165, 1.54) is 0 Å². The molecule has 1 fully saturated rings. The highest BCUT2D eigenvalue weighted by atomic mass is 35.5. The molecule has 5 rings (SSSR count). The second-order valence-electron chi connectivity index (χ2n) is 8.78. The Hall–Kier alpha value is -2.50. The van der Waals surface area contributed by atoms with Gasteiger partial charge in [0.1, 0.15) is 5.15 Å². The van der Waals surface area contributed by atoms with Gasteiger partial charge < -0.3 is 10.0 Å². The molecular formula is C25H26ClN3O2. The number of pyridine rings is 1. The highest BCUT2D eigenvalue weighted by molar-refractivity contribution is 6.29. The van der Waals surface area contributed by atoms with E-state index in [1.807, 2.05) is 18.2 Å². The Bertz CT molecular complexity index is 1030. The van der Waals surface area contributed by atoms with Gasteiger partial charge in [0, 0.05) is 18.7 Å². The molecule has 0 radical (unpaired) electrons. The molecular weight excluding hydrogens is 410 g/mol. The van der Waals surface area contributed by atoms with Crippen LogP contribution < -0.4 is 0 Å². The molecule has 2 heterocycles. The summed E-state index contributed by atoms with van der Waals surface area (Å²) in [6.07, 6.45) is 9.88. The first-order valence-corrected chi connectivity index (χ1v) is 11.4. The summed E-state index contributed by atoms with van der Waals surface area (Å²) in [6.45, 7) is 0.540. The lowest BCUT2D eigenvalue weighted by atomic mass is 9.78. The number of aromatic nitrogens is 1. The lowest BCUT2D eigenvalue weighted by molar-refractivity contribution is -0.132. The van der Waals surface area contributed by atoms with Crippen molar-refractivity contribution in [3.8, 4) is 0 Å². The van der Waals surface area contributed by atoms with Crippen molar-refractivity contribution in [3.63, 3.8) is 0 Å². The fourth-order valence-electron chi connectivity index (χ4n) is 5.09. The Labute approximate surface area is 187 Å². The van der Waals surface area contributed by atoms with Gasteiger partial charge in [0.15, 0.2) is 0 Å². The van der Waals surface area contributed by atoms with Gasteiger partial charge in [-0.3, -0.25) is 9.79 Å². The van der Waals surface area contributed by atoms with Crippen LogP contribution >= 0.6 is 11.6 Å². The molecule has 160 valence electrons. The predicted molar refractivity (Wildman–Crippen MR) is 122 cm³/mol. The average molecular weight is 436 g/mol. The van der Waals surface area contributed by atoms with Crippen molar-refractivity contribution in [3.05, 3.63) is 70.5 Å². The van der Waals surface area contributed by atoms with E-state index in [9.17, 15) is 9.90 Å². The van der Waals surface area contributed by atoms with Gasteiger partial charge in [-0.1, -0.05) is 60.9 Å². The van der Waals surface area contributed by atoms with Crippen molar-refractivity contribution < 1.29 is 9.90 Å². The summed E-state index contributed by atoms with van der Waals surface area (Å²) in [5.41, 5.74) is 4.40. The van der Waals surface area contributed by atoms with Crippen LogP contribution in [0.5, 0.6) is 0 Å². The van der Waals surface area contributed by atoms with Gasteiger partial charge in [-0.05, 0) is 47.6 Å². The topological polar surface area (TPSA) is 65.8 Å². The molecule has 6 heteroatoms. The van der Waals surface area contributed by atoms with Crippen molar-refractivity contribution in [2.45, 2.75) is 44.2 Å². The van der Waals surface area contributed by atoms with Crippen LogP contribution in [0, 0.1) is 11.8 Å². The van der Waals surface area contributed by atoms with Crippen LogP contribution in [0.4, 0.5) is 0 Å². The smallest absolute Gasteiger partial charge is 0.237 e. The van der Waals surface area contributed by atoms with Gasteiger partial charge in [-0.25, -0.2) is 4.98 Å². The minimum atomic E-state index is -0.330. The first-order valence-electron chi connectivity index (χ1n) is 11.0. The number of fused-ring (bicyclic) bond motifs is 3. The zero-order chi connectivity index (χ0) is 21.4. The fourth-order valence-corrected chi connectivity index (χ4v) is 5.21. The number of carbonyl (C=O) groups excluding carboxylic acids is 1. The van der Waals surface area contributed by atoms with Crippen molar-refractivity contribution in [1.29, 1.82) is 0 Å². The van der Waals surface area contributed by atoms with Crippen molar-refractivity contribution >= 4 is 29.4 Å². The maximum Gasteiger partial charge on any atom is 0.237 e. The zero-order valence-electron chi connectivity index (χ0n) is 17.3. The van der Waals surface area contributed by atoms with Crippen molar-refractivity contribution in [2.75, 3.05) is 6.54 Å². The molecule has 1 aromatic heterocycles. The first kappa shape index (κ1) is 20.4. The second kappa shape index (κ2) is 8.56. The minimum Gasteiger partial charge on any atom is -0.393 e. The Morgan fingerprint density at radius 1 is 1.13 bits per heavy atom. The molecule has 0 saturated heterocycles. The van der Waals surface area contributed by atoms with E-state index >= 15 is 0 Å². The molecule has 0 bridgehead atoms. The van der Waals surface area contributed by atoms with E-state index < -0.39 is 0 Å². The molecule has 1 saturated carbocycles. The summed E-state index contributed by atoms with van der Waals surface area (Å²) < 4.78 is 0. The normalized spacial score (nSPS) is 27.5. The second-order valence-corrected chi connectivity index (χ2v) is 9.17. The molecule has 2 aromatic rings. The van der Waals surface area contributed by atoms with Crippen LogP contribution in [0.1, 0.15) is 48.4 Å². The Balaban J connectivity index is 1.44. The SMILES string of the molecule is O=C1C2C=C(Cc3ccc(Cl)nc3)c3ccccc3C2N=CN1C[C@H]1CCCC[C@@H]1O. The third-order valence-corrected chi connectivity index (χ3v) is 6.99. The molecule has 1 aliphatic heterocycles. The van der Waals surface area contributed by atoms with Gasteiger partial charge in [0.25, 0.3) is 0 Å². The minimum absolute atomic E-state index is 0.0685. The van der Waals surface area contributed by atoms with Gasteiger partial charge in [0.05, 0.1) is 24.4 Å². The zero-order valence-corrected chi connectivity index (χ0v) is 18.1. The van der Waals surface area contributed by atoms with Crippen molar-refractivity contribution in [1.82, 2.24) is 9.88 Å². The number of hydrogen-bond donors (Lipinski definition) is 1. The standard InChI is InChI=1S/C25H26ClN3O2/c26-23-10-9-16(13-27-23)11-18-12-21-24(20-7-3-2-6-19(18)20)28-15-29(25(21)31)14-17-5-1-4-8-22(17)30/h2-3,6-7,9-10,12-13,15,17,21-22,24,30H,1,4-5,8,11,14H2/t17-,21?,22+,24?/m1/s1. The first-order chi connectivity index (χ1) is 15.1. The lowest BCUT2D eigenvalue weighted by Crippen LogP contribution is -2.46. The number of amides is 1. The van der Waals surface area contributed by atoms with Gasteiger partial charge in [-0.2, -0.15) is 0 Å². The van der Waals surface area contributed by atoms with Gasteiger partial charge in [0.2, 0.25) is 5.91 Å². The van der Waals surface area contributed by atoms with Crippen LogP contribution in [0.3, 0.4) is 0 Å². The Morgan fingerprint density at radius 3 is 2.77 bits per heavy atom. The maximum atomic E-state index is 13.5. The third kappa shape index (κ3) is 4.04. The molecule has 1 N–H and O–H groups in total. The number of allylic oxidation sites excluding steroid dienone is 1. The number of carbonyl (C=O) groups is 1. The molecule has 4 atom stereocenters. The number of nitrogens with zero attached hydrogens (tertiary/aromatic N) is 3. The van der Waals surface area contributed by atoms with Crippen LogP contribution in [0.25, 0.3) is 5.57 Å². The third-order valence-electron chi connectivity index (χ3n) is 6.76. The van der Waals surface area contributed by atoms with Crippen LogP contribution in [0.15, 0.2) is 53.7 Å². The summed E-state index contributed by atoms with van der Waals surface area (Å²) in [7, 11) is 0. The Kier molecular flexibility index (Phi) is 5.63. The molecule has 5 nitrogen and oxygen atoms in total. The van der Waals surface area contributed by atoms with Gasteiger partial charge in [-0.15, -0.1) is 0 Å². The summed E-state index contributed by atoms with van der Waals surface area (Å²) in [6, 6.07) is 11.8. The number of benzene rings is 1. The van der Waals surface area contributed by atoms with E-state index in [0.29, 0.717) is 18.1 Å².